The van der Waals surface area contributed by atoms with Gasteiger partial charge in [0.1, 0.15) is 11.2 Å². The number of benzene rings is 11. The van der Waals surface area contributed by atoms with Gasteiger partial charge in [0.15, 0.2) is 0 Å². The van der Waals surface area contributed by atoms with Crippen molar-refractivity contribution >= 4 is 50.8 Å². The molecule has 3 heteroatoms. The molecule has 1 aliphatic heterocycles. The van der Waals surface area contributed by atoms with Crippen molar-refractivity contribution in [1.29, 1.82) is 0 Å². The molecule has 366 valence electrons. The van der Waals surface area contributed by atoms with Crippen molar-refractivity contribution in [3.63, 3.8) is 0 Å². The van der Waals surface area contributed by atoms with Crippen LogP contribution >= 0.6 is 11.8 Å². The Labute approximate surface area is 454 Å². The number of rotatable bonds is 7. The van der Waals surface area contributed by atoms with E-state index in [2.05, 4.69) is 260 Å². The molecule has 77 heavy (non-hydrogen) atoms. The van der Waals surface area contributed by atoms with E-state index in [-0.39, 0.29) is 0 Å². The molecule has 1 saturated carbocycles. The number of furan rings is 1. The van der Waals surface area contributed by atoms with Crippen LogP contribution in [0.1, 0.15) is 88.1 Å². The molecule has 0 atom stereocenters. The van der Waals surface area contributed by atoms with E-state index in [1.807, 2.05) is 11.8 Å². The summed E-state index contributed by atoms with van der Waals surface area (Å²) < 4.78 is 6.84. The predicted octanol–water partition coefficient (Wildman–Crippen LogP) is 20.0. The summed E-state index contributed by atoms with van der Waals surface area (Å²) in [5, 5.41) is 2.19. The van der Waals surface area contributed by atoms with E-state index in [0.717, 1.165) is 39.0 Å². The molecule has 2 nitrogen and oxygen atoms in total. The van der Waals surface area contributed by atoms with Crippen molar-refractivity contribution in [2.75, 3.05) is 4.90 Å². The largest absolute Gasteiger partial charge is 0.456 e. The first kappa shape index (κ1) is 44.6. The highest BCUT2D eigenvalue weighted by atomic mass is 32.2. The average molecular weight is 1000 g/mol. The van der Waals surface area contributed by atoms with Gasteiger partial charge in [-0.3, -0.25) is 0 Å². The summed E-state index contributed by atoms with van der Waals surface area (Å²) in [6, 6.07) is 96.3. The lowest BCUT2D eigenvalue weighted by molar-refractivity contribution is 0.444. The number of hydrogen-bond donors (Lipinski definition) is 0. The minimum absolute atomic E-state index is 0.488. The summed E-state index contributed by atoms with van der Waals surface area (Å²) in [4.78, 5) is 5.26. The fourth-order valence-corrected chi connectivity index (χ4v) is 16.1. The summed E-state index contributed by atoms with van der Waals surface area (Å²) in [5.41, 5.74) is 23.3. The van der Waals surface area contributed by atoms with Crippen molar-refractivity contribution in [3.05, 3.63) is 305 Å². The van der Waals surface area contributed by atoms with Gasteiger partial charge < -0.3 is 9.32 Å². The minimum Gasteiger partial charge on any atom is -0.456 e. The van der Waals surface area contributed by atoms with E-state index in [9.17, 15) is 0 Å². The van der Waals surface area contributed by atoms with Crippen molar-refractivity contribution < 1.29 is 4.42 Å². The molecule has 16 rings (SSSR count). The molecule has 1 aromatic heterocycles. The Balaban J connectivity index is 1.08. The molecule has 0 N–H and O–H groups in total. The molecule has 11 aromatic carbocycles. The predicted molar refractivity (Wildman–Crippen MR) is 318 cm³/mol. The molecule has 12 aromatic rings. The Kier molecular flexibility index (Phi) is 10.1. The van der Waals surface area contributed by atoms with E-state index in [1.165, 1.54) is 125 Å². The standard InChI is InChI=1S/C74H53NOS/c1-4-24-48(25-5-1)52-30-10-11-31-53(52)58-46-51(47-64-72(58)77-69-45-21-19-39-62(69)74(64)59-36-16-12-32-54(59)55-33-13-17-37-60(55)74)75(66-42-23-44-68-71(66)57-35-15-20-43-67(57)76-68)65-41-22-40-63-70(65)56-34-14-18-38-61(56)73(63,49-26-6-2-7-27-49)50-28-8-3-9-29-50/h2-3,6-23,26-48H,1,4-5,24-25H2. The minimum atomic E-state index is -0.615. The quantitative estimate of drug-likeness (QED) is 0.158. The van der Waals surface area contributed by atoms with Gasteiger partial charge in [-0.25, -0.2) is 0 Å². The normalized spacial score (nSPS) is 15.4. The van der Waals surface area contributed by atoms with E-state index in [1.54, 1.807) is 0 Å². The topological polar surface area (TPSA) is 16.4 Å². The van der Waals surface area contributed by atoms with Crippen molar-refractivity contribution in [2.24, 2.45) is 0 Å². The Morgan fingerprint density at radius 1 is 0.390 bits per heavy atom. The van der Waals surface area contributed by atoms with Crippen LogP contribution < -0.4 is 4.90 Å². The van der Waals surface area contributed by atoms with Crippen LogP contribution in [0.4, 0.5) is 17.1 Å². The van der Waals surface area contributed by atoms with Gasteiger partial charge in [0.25, 0.3) is 0 Å². The Hall–Kier alpha value is -8.63. The van der Waals surface area contributed by atoms with Gasteiger partial charge in [0.05, 0.1) is 27.6 Å². The van der Waals surface area contributed by atoms with Gasteiger partial charge in [0.2, 0.25) is 0 Å². The van der Waals surface area contributed by atoms with Crippen molar-refractivity contribution in [1.82, 2.24) is 0 Å². The highest BCUT2D eigenvalue weighted by molar-refractivity contribution is 7.99. The maximum atomic E-state index is 6.84. The van der Waals surface area contributed by atoms with Crippen LogP contribution in [0.25, 0.3) is 55.3 Å². The van der Waals surface area contributed by atoms with E-state index in [0.29, 0.717) is 5.92 Å². The smallest absolute Gasteiger partial charge is 0.137 e. The second kappa shape index (κ2) is 17.5. The van der Waals surface area contributed by atoms with Gasteiger partial charge in [-0.2, -0.15) is 0 Å². The molecule has 0 saturated heterocycles. The maximum absolute atomic E-state index is 6.84. The third-order valence-electron chi connectivity index (χ3n) is 17.8. The Morgan fingerprint density at radius 3 is 1.66 bits per heavy atom. The second-order valence-corrected chi connectivity index (χ2v) is 22.6. The van der Waals surface area contributed by atoms with E-state index in [4.69, 9.17) is 4.42 Å². The molecule has 0 unspecified atom stereocenters. The fourth-order valence-electron chi connectivity index (χ4n) is 14.8. The maximum Gasteiger partial charge on any atom is 0.137 e. The molecule has 0 bridgehead atoms. The summed E-state index contributed by atoms with van der Waals surface area (Å²) in [7, 11) is 0. The van der Waals surface area contributed by atoms with Crippen LogP contribution in [0.3, 0.4) is 0 Å². The zero-order valence-corrected chi connectivity index (χ0v) is 43.4. The number of hydrogen-bond acceptors (Lipinski definition) is 3. The number of para-hydroxylation sites is 1. The third-order valence-corrected chi connectivity index (χ3v) is 19.0. The zero-order valence-electron chi connectivity index (χ0n) is 42.6. The van der Waals surface area contributed by atoms with Crippen LogP contribution in [-0.2, 0) is 10.8 Å². The molecule has 1 fully saturated rings. The summed E-state index contributed by atoms with van der Waals surface area (Å²) in [5.74, 6) is 0.488. The van der Waals surface area contributed by atoms with Crippen LogP contribution in [0.5, 0.6) is 0 Å². The van der Waals surface area contributed by atoms with Crippen LogP contribution in [-0.4, -0.2) is 0 Å². The fraction of sp³-hybridized carbons (Fsp3) is 0.108. The third kappa shape index (κ3) is 6.32. The SMILES string of the molecule is c1ccc(C2(c3ccccc3)c3ccccc3-c3c(N(c4cc(-c5ccccc5C5CCCCC5)c5c(c4)C4(c6ccccc6S5)c5ccccc5-c5ccccc54)c4cccc5oc6ccccc6c45)cccc32)cc1. The molecule has 0 radical (unpaired) electrons. The summed E-state index contributed by atoms with van der Waals surface area (Å²) >= 11 is 1.96. The molecule has 3 aliphatic carbocycles. The summed E-state index contributed by atoms with van der Waals surface area (Å²) in [6.07, 6.45) is 6.25. The highest BCUT2D eigenvalue weighted by Gasteiger charge is 2.52. The molecule has 4 aliphatic rings. The molecule has 2 heterocycles. The molecular formula is C74H53NOS. The monoisotopic (exact) mass is 1000 g/mol. The first-order valence-electron chi connectivity index (χ1n) is 27.5. The highest BCUT2D eigenvalue weighted by Crippen LogP contribution is 2.66. The first-order chi connectivity index (χ1) is 38.2. The van der Waals surface area contributed by atoms with Gasteiger partial charge in [-0.05, 0) is 139 Å². The number of nitrogens with zero attached hydrogens (tertiary/aromatic N) is 1. The zero-order chi connectivity index (χ0) is 50.7. The van der Waals surface area contributed by atoms with Gasteiger partial charge in [-0.15, -0.1) is 0 Å². The first-order valence-corrected chi connectivity index (χ1v) is 28.3. The van der Waals surface area contributed by atoms with E-state index >= 15 is 0 Å². The van der Waals surface area contributed by atoms with Gasteiger partial charge in [-0.1, -0.05) is 243 Å². The number of fused-ring (bicyclic) bond motifs is 15. The van der Waals surface area contributed by atoms with Crippen molar-refractivity contribution in [3.8, 4) is 33.4 Å². The molecule has 0 amide bonds. The average Bonchev–Trinajstić information content (AvgIpc) is 4.37. The lowest BCUT2D eigenvalue weighted by Gasteiger charge is -2.42. The van der Waals surface area contributed by atoms with Crippen LogP contribution in [0.2, 0.25) is 0 Å². The molecule has 1 spiro atoms. The lowest BCUT2D eigenvalue weighted by Crippen LogP contribution is -2.32. The summed E-state index contributed by atoms with van der Waals surface area (Å²) in [6.45, 7) is 0. The lowest BCUT2D eigenvalue weighted by atomic mass is 9.66. The van der Waals surface area contributed by atoms with Crippen LogP contribution in [0.15, 0.2) is 269 Å². The Morgan fingerprint density at radius 2 is 0.935 bits per heavy atom. The van der Waals surface area contributed by atoms with Crippen molar-refractivity contribution in [2.45, 2.75) is 58.6 Å². The Bertz CT molecular complexity index is 4230. The van der Waals surface area contributed by atoms with Gasteiger partial charge in [0, 0.05) is 26.4 Å². The van der Waals surface area contributed by atoms with Crippen LogP contribution in [0, 0.1) is 0 Å². The second-order valence-electron chi connectivity index (χ2n) is 21.5. The number of anilines is 3. The molecular weight excluding hydrogens is 951 g/mol. The van der Waals surface area contributed by atoms with E-state index < -0.39 is 10.8 Å². The van der Waals surface area contributed by atoms with Gasteiger partial charge >= 0.3 is 0 Å².